The number of methoxy groups -OCH3 is 1. The van der Waals surface area contributed by atoms with Gasteiger partial charge in [0, 0.05) is 19.2 Å². The number of nitrogens with one attached hydrogen (secondary N) is 1. The van der Waals surface area contributed by atoms with Crippen molar-refractivity contribution in [3.8, 4) is 0 Å². The first-order valence-electron chi connectivity index (χ1n) is 6.61. The normalized spacial score (nSPS) is 10.3. The second-order valence-corrected chi connectivity index (χ2v) is 4.75. The van der Waals surface area contributed by atoms with Crippen LogP contribution in [-0.2, 0) is 17.9 Å². The predicted molar refractivity (Wildman–Crippen MR) is 79.5 cm³/mol. The Balaban J connectivity index is 1.95. The van der Waals surface area contributed by atoms with Gasteiger partial charge in [0.2, 0.25) is 0 Å². The summed E-state index contributed by atoms with van der Waals surface area (Å²) in [6, 6.07) is 15.6. The van der Waals surface area contributed by atoms with Gasteiger partial charge >= 0.3 is 0 Å². The number of ether oxygens (including phenoxy) is 1. The third kappa shape index (κ3) is 3.68. The summed E-state index contributed by atoms with van der Waals surface area (Å²) in [5.74, 6) is -0.0379. The zero-order valence-corrected chi connectivity index (χ0v) is 11.8. The van der Waals surface area contributed by atoms with Gasteiger partial charge in [0.25, 0.3) is 5.91 Å². The van der Waals surface area contributed by atoms with Crippen molar-refractivity contribution in [2.75, 3.05) is 7.11 Å². The molecule has 1 amide bonds. The molecule has 2 aromatic rings. The molecule has 3 heteroatoms. The van der Waals surface area contributed by atoms with E-state index in [1.165, 1.54) is 0 Å². The average molecular weight is 269 g/mol. The molecule has 0 heterocycles. The van der Waals surface area contributed by atoms with E-state index in [0.717, 1.165) is 22.3 Å². The molecular formula is C17H19NO2. The molecule has 1 N–H and O–H groups in total. The molecule has 3 nitrogen and oxygen atoms in total. The van der Waals surface area contributed by atoms with Crippen molar-refractivity contribution in [3.63, 3.8) is 0 Å². The zero-order valence-electron chi connectivity index (χ0n) is 11.8. The van der Waals surface area contributed by atoms with Crippen molar-refractivity contribution in [1.29, 1.82) is 0 Å². The molecule has 0 aliphatic heterocycles. The maximum atomic E-state index is 12.1. The minimum atomic E-state index is -0.0379. The Kier molecular flexibility index (Phi) is 4.91. The van der Waals surface area contributed by atoms with E-state index in [-0.39, 0.29) is 5.91 Å². The van der Waals surface area contributed by atoms with Crippen LogP contribution < -0.4 is 5.32 Å². The van der Waals surface area contributed by atoms with E-state index in [9.17, 15) is 4.79 Å². The zero-order chi connectivity index (χ0) is 14.4. The van der Waals surface area contributed by atoms with Crippen LogP contribution >= 0.6 is 0 Å². The van der Waals surface area contributed by atoms with Crippen molar-refractivity contribution < 1.29 is 9.53 Å². The molecule has 2 rings (SSSR count). The molecule has 0 aromatic heterocycles. The molecule has 0 fully saturated rings. The van der Waals surface area contributed by atoms with Crippen LogP contribution in [0.1, 0.15) is 27.0 Å². The van der Waals surface area contributed by atoms with E-state index in [0.29, 0.717) is 13.2 Å². The first-order chi connectivity index (χ1) is 9.70. The van der Waals surface area contributed by atoms with Crippen LogP contribution in [0.5, 0.6) is 0 Å². The summed E-state index contributed by atoms with van der Waals surface area (Å²) in [6.45, 7) is 3.07. The number of rotatable bonds is 5. The summed E-state index contributed by atoms with van der Waals surface area (Å²) in [4.78, 5) is 12.1. The number of aryl methyl sites for hydroxylation is 1. The molecule has 0 radical (unpaired) electrons. The summed E-state index contributed by atoms with van der Waals surface area (Å²) in [5, 5.41) is 2.94. The summed E-state index contributed by atoms with van der Waals surface area (Å²) in [6.07, 6.45) is 0. The third-order valence-electron chi connectivity index (χ3n) is 3.18. The highest BCUT2D eigenvalue weighted by molar-refractivity contribution is 5.95. The van der Waals surface area contributed by atoms with Gasteiger partial charge in [0.15, 0.2) is 0 Å². The second kappa shape index (κ2) is 6.87. The summed E-state index contributed by atoms with van der Waals surface area (Å²) in [7, 11) is 1.68. The van der Waals surface area contributed by atoms with Gasteiger partial charge in [-0.2, -0.15) is 0 Å². The summed E-state index contributed by atoms with van der Waals surface area (Å²) < 4.78 is 5.07. The number of hydrogen-bond acceptors (Lipinski definition) is 2. The van der Waals surface area contributed by atoms with Crippen molar-refractivity contribution in [1.82, 2.24) is 5.32 Å². The van der Waals surface area contributed by atoms with Crippen molar-refractivity contribution in [2.24, 2.45) is 0 Å². The van der Waals surface area contributed by atoms with E-state index in [1.54, 1.807) is 7.11 Å². The number of carbonyl (C=O) groups excluding carboxylic acids is 1. The number of benzene rings is 2. The van der Waals surface area contributed by atoms with Crippen molar-refractivity contribution in [2.45, 2.75) is 20.1 Å². The van der Waals surface area contributed by atoms with Crippen LogP contribution in [0.3, 0.4) is 0 Å². The number of amides is 1. The first-order valence-corrected chi connectivity index (χ1v) is 6.61. The van der Waals surface area contributed by atoms with Gasteiger partial charge in [-0.25, -0.2) is 0 Å². The first kappa shape index (κ1) is 14.3. The Morgan fingerprint density at radius 2 is 1.70 bits per heavy atom. The smallest absolute Gasteiger partial charge is 0.251 e. The monoisotopic (exact) mass is 269 g/mol. The molecular weight excluding hydrogens is 250 g/mol. The van der Waals surface area contributed by atoms with E-state index < -0.39 is 0 Å². The van der Waals surface area contributed by atoms with Crippen LogP contribution in [-0.4, -0.2) is 13.0 Å². The molecule has 20 heavy (non-hydrogen) atoms. The van der Waals surface area contributed by atoms with Crippen LogP contribution in [0.4, 0.5) is 0 Å². The van der Waals surface area contributed by atoms with Crippen LogP contribution in [0.15, 0.2) is 48.5 Å². The Hall–Kier alpha value is -2.13. The highest BCUT2D eigenvalue weighted by atomic mass is 16.5. The molecule has 0 saturated carbocycles. The standard InChI is InChI=1S/C17H19NO2/c1-13-5-3-4-6-16(13)17(19)18-11-14-7-9-15(10-8-14)12-20-2/h3-10H,11-12H2,1-2H3,(H,18,19). The summed E-state index contributed by atoms with van der Waals surface area (Å²) in [5.41, 5.74) is 3.91. The van der Waals surface area contributed by atoms with E-state index in [4.69, 9.17) is 4.74 Å². The van der Waals surface area contributed by atoms with Gasteiger partial charge < -0.3 is 10.1 Å². The van der Waals surface area contributed by atoms with Gasteiger partial charge in [-0.3, -0.25) is 4.79 Å². The number of carbonyl (C=O) groups is 1. The Morgan fingerprint density at radius 3 is 2.35 bits per heavy atom. The lowest BCUT2D eigenvalue weighted by molar-refractivity contribution is 0.0950. The molecule has 104 valence electrons. The van der Waals surface area contributed by atoms with Crippen LogP contribution in [0.25, 0.3) is 0 Å². The highest BCUT2D eigenvalue weighted by Gasteiger charge is 2.07. The lowest BCUT2D eigenvalue weighted by atomic mass is 10.1. The molecule has 0 aliphatic carbocycles. The molecule has 0 saturated heterocycles. The SMILES string of the molecule is COCc1ccc(CNC(=O)c2ccccc2C)cc1. The Bertz CT molecular complexity index is 576. The van der Waals surface area contributed by atoms with Crippen molar-refractivity contribution >= 4 is 5.91 Å². The predicted octanol–water partition coefficient (Wildman–Crippen LogP) is 3.07. The lowest BCUT2D eigenvalue weighted by Gasteiger charge is -2.08. The topological polar surface area (TPSA) is 38.3 Å². The second-order valence-electron chi connectivity index (χ2n) is 4.75. The van der Waals surface area contributed by atoms with Gasteiger partial charge in [0.05, 0.1) is 6.61 Å². The lowest BCUT2D eigenvalue weighted by Crippen LogP contribution is -2.23. The van der Waals surface area contributed by atoms with Gasteiger partial charge in [-0.15, -0.1) is 0 Å². The number of hydrogen-bond donors (Lipinski definition) is 1. The van der Waals surface area contributed by atoms with Crippen molar-refractivity contribution in [3.05, 3.63) is 70.8 Å². The molecule has 0 unspecified atom stereocenters. The Morgan fingerprint density at radius 1 is 1.05 bits per heavy atom. The molecule has 2 aromatic carbocycles. The average Bonchev–Trinajstić information content (AvgIpc) is 2.47. The largest absolute Gasteiger partial charge is 0.380 e. The van der Waals surface area contributed by atoms with E-state index in [1.807, 2.05) is 55.5 Å². The molecule has 0 bridgehead atoms. The maximum absolute atomic E-state index is 12.1. The van der Waals surface area contributed by atoms with Gasteiger partial charge in [0.1, 0.15) is 0 Å². The summed E-state index contributed by atoms with van der Waals surface area (Å²) >= 11 is 0. The minimum absolute atomic E-state index is 0.0379. The van der Waals surface area contributed by atoms with Gasteiger partial charge in [-0.05, 0) is 29.7 Å². The molecule has 0 spiro atoms. The van der Waals surface area contributed by atoms with Crippen LogP contribution in [0, 0.1) is 6.92 Å². The highest BCUT2D eigenvalue weighted by Crippen LogP contribution is 2.08. The quantitative estimate of drug-likeness (QED) is 0.906. The maximum Gasteiger partial charge on any atom is 0.251 e. The molecule has 0 aliphatic rings. The minimum Gasteiger partial charge on any atom is -0.380 e. The van der Waals surface area contributed by atoms with E-state index >= 15 is 0 Å². The van der Waals surface area contributed by atoms with Crippen LogP contribution in [0.2, 0.25) is 0 Å². The van der Waals surface area contributed by atoms with Gasteiger partial charge in [-0.1, -0.05) is 42.5 Å². The third-order valence-corrected chi connectivity index (χ3v) is 3.18. The fourth-order valence-corrected chi connectivity index (χ4v) is 2.03. The van der Waals surface area contributed by atoms with E-state index in [2.05, 4.69) is 5.32 Å². The molecule has 0 atom stereocenters. The Labute approximate surface area is 119 Å². The fourth-order valence-electron chi connectivity index (χ4n) is 2.03. The fraction of sp³-hybridized carbons (Fsp3) is 0.235.